The van der Waals surface area contributed by atoms with Crippen LogP contribution in [0.25, 0.3) is 0 Å². The number of nitrogens with one attached hydrogen (secondary N) is 1. The Kier molecular flexibility index (Phi) is 5.07. The van der Waals surface area contributed by atoms with Crippen LogP contribution in [0.3, 0.4) is 0 Å². The minimum atomic E-state index is -0.812. The summed E-state index contributed by atoms with van der Waals surface area (Å²) >= 11 is 0. The normalized spacial score (nSPS) is 20.8. The smallest absolute Gasteiger partial charge is 0.337 e. The van der Waals surface area contributed by atoms with Crippen molar-refractivity contribution in [1.82, 2.24) is 0 Å². The molecular formula is C10H18NO2+. The summed E-state index contributed by atoms with van der Waals surface area (Å²) in [5.74, 6) is -0.812. The summed E-state index contributed by atoms with van der Waals surface area (Å²) in [6.07, 6.45) is 3.52. The Balaban J connectivity index is 0.000000671. The quantitative estimate of drug-likeness (QED) is 0.621. The Bertz CT molecular complexity index is 241. The van der Waals surface area contributed by atoms with Gasteiger partial charge < -0.3 is 10.0 Å². The first kappa shape index (κ1) is 11.9. The third kappa shape index (κ3) is 3.42. The molecule has 1 rings (SSSR count). The first-order valence-electron chi connectivity index (χ1n) is 4.55. The maximum Gasteiger partial charge on any atom is 0.337 e. The molecule has 1 aliphatic heterocycles. The molecule has 3 heteroatoms. The van der Waals surface area contributed by atoms with Crippen molar-refractivity contribution in [1.29, 1.82) is 0 Å². The molecule has 0 fully saturated rings. The molecule has 2 N–H and O–H groups in total. The number of carbonyl (C=O) groups is 1. The van der Waals surface area contributed by atoms with E-state index in [0.717, 1.165) is 4.90 Å². The summed E-state index contributed by atoms with van der Waals surface area (Å²) in [5, 5.41) is 8.63. The average Bonchev–Trinajstić information content (AvgIpc) is 2.13. The van der Waals surface area contributed by atoms with Crippen LogP contribution in [0.5, 0.6) is 0 Å². The van der Waals surface area contributed by atoms with Crippen molar-refractivity contribution < 1.29 is 14.8 Å². The Morgan fingerprint density at radius 2 is 2.00 bits per heavy atom. The number of quaternary nitrogens is 1. The van der Waals surface area contributed by atoms with E-state index in [-0.39, 0.29) is 0 Å². The largest absolute Gasteiger partial charge is 0.478 e. The third-order valence-electron chi connectivity index (χ3n) is 1.94. The molecule has 0 aromatic rings. The van der Waals surface area contributed by atoms with Crippen LogP contribution in [-0.4, -0.2) is 24.7 Å². The summed E-state index contributed by atoms with van der Waals surface area (Å²) in [7, 11) is 1.96. The van der Waals surface area contributed by atoms with Crippen molar-refractivity contribution >= 4 is 5.97 Å². The van der Waals surface area contributed by atoms with Crippen LogP contribution in [0.1, 0.15) is 20.8 Å². The van der Waals surface area contributed by atoms with Crippen molar-refractivity contribution in [2.24, 2.45) is 0 Å². The van der Waals surface area contributed by atoms with Crippen molar-refractivity contribution in [2.45, 2.75) is 20.8 Å². The molecule has 1 heterocycles. The molecule has 0 saturated heterocycles. The molecule has 0 radical (unpaired) electrons. The number of likely N-dealkylation sites (N-methyl/N-ethyl adjacent to an activating group) is 1. The van der Waals surface area contributed by atoms with Gasteiger partial charge in [0.2, 0.25) is 0 Å². The van der Waals surface area contributed by atoms with Crippen LogP contribution in [0.15, 0.2) is 23.4 Å². The predicted octanol–water partition coefficient (Wildman–Crippen LogP) is 0.456. The van der Waals surface area contributed by atoms with Crippen molar-refractivity contribution in [3.8, 4) is 0 Å². The summed E-state index contributed by atoms with van der Waals surface area (Å²) < 4.78 is 0. The van der Waals surface area contributed by atoms with Crippen LogP contribution >= 0.6 is 0 Å². The second-order valence-electron chi connectivity index (χ2n) is 2.80. The highest BCUT2D eigenvalue weighted by Gasteiger charge is 2.17. The number of hydrogen-bond acceptors (Lipinski definition) is 1. The fraction of sp³-hybridized carbons (Fsp3) is 0.500. The second kappa shape index (κ2) is 5.54. The van der Waals surface area contributed by atoms with E-state index in [4.69, 9.17) is 5.11 Å². The average molecular weight is 184 g/mol. The maximum absolute atomic E-state index is 10.5. The van der Waals surface area contributed by atoms with E-state index in [9.17, 15) is 4.79 Å². The second-order valence-corrected chi connectivity index (χ2v) is 2.80. The molecule has 0 amide bonds. The lowest BCUT2D eigenvalue weighted by Gasteiger charge is -2.16. The Morgan fingerprint density at radius 1 is 1.46 bits per heavy atom. The topological polar surface area (TPSA) is 41.7 Å². The summed E-state index contributed by atoms with van der Waals surface area (Å²) in [5.41, 5.74) is 1.66. The van der Waals surface area contributed by atoms with Crippen LogP contribution in [-0.2, 0) is 4.79 Å². The number of allylic oxidation sites excluding steroid dienone is 3. The summed E-state index contributed by atoms with van der Waals surface area (Å²) in [6, 6.07) is 0. The molecule has 0 bridgehead atoms. The van der Waals surface area contributed by atoms with Gasteiger partial charge in [-0.25, -0.2) is 4.79 Å². The molecule has 0 spiro atoms. The Hall–Kier alpha value is -1.09. The number of carboxylic acids is 1. The van der Waals surface area contributed by atoms with Gasteiger partial charge in [0.1, 0.15) is 12.2 Å². The van der Waals surface area contributed by atoms with Crippen molar-refractivity contribution in [3.05, 3.63) is 23.4 Å². The molecular weight excluding hydrogens is 166 g/mol. The SMILES string of the molecule is CC.CC1=CC=C(C(=O)O)C[NH+]1C. The molecule has 0 saturated carbocycles. The van der Waals surface area contributed by atoms with Crippen LogP contribution < -0.4 is 4.90 Å². The van der Waals surface area contributed by atoms with E-state index in [1.54, 1.807) is 6.08 Å². The van der Waals surface area contributed by atoms with E-state index >= 15 is 0 Å². The van der Waals surface area contributed by atoms with Crippen molar-refractivity contribution in [2.75, 3.05) is 13.6 Å². The minimum absolute atomic E-state index is 0.480. The lowest BCUT2D eigenvalue weighted by molar-refractivity contribution is -0.834. The van der Waals surface area contributed by atoms with Crippen molar-refractivity contribution in [3.63, 3.8) is 0 Å². The maximum atomic E-state index is 10.5. The first-order valence-corrected chi connectivity index (χ1v) is 4.55. The van der Waals surface area contributed by atoms with Gasteiger partial charge in [0.25, 0.3) is 0 Å². The van der Waals surface area contributed by atoms with Crippen LogP contribution in [0.2, 0.25) is 0 Å². The standard InChI is InChI=1S/C8H11NO2.C2H6/c1-6-3-4-7(8(10)11)5-9(6)2;1-2/h3-4H,5H2,1-2H3,(H,10,11);1-2H3/p+1. The molecule has 1 aliphatic rings. The number of carboxylic acid groups (broad SMARTS) is 1. The van der Waals surface area contributed by atoms with Gasteiger partial charge in [-0.3, -0.25) is 0 Å². The number of rotatable bonds is 1. The Labute approximate surface area is 79.4 Å². The Morgan fingerprint density at radius 3 is 2.38 bits per heavy atom. The van der Waals surface area contributed by atoms with Crippen LogP contribution in [0.4, 0.5) is 0 Å². The van der Waals surface area contributed by atoms with E-state index in [1.165, 1.54) is 5.70 Å². The monoisotopic (exact) mass is 184 g/mol. The van der Waals surface area contributed by atoms with E-state index in [1.807, 2.05) is 33.9 Å². The minimum Gasteiger partial charge on any atom is -0.478 e. The van der Waals surface area contributed by atoms with Gasteiger partial charge in [0.05, 0.1) is 12.6 Å². The van der Waals surface area contributed by atoms with E-state index < -0.39 is 5.97 Å². The molecule has 1 unspecified atom stereocenters. The molecule has 3 nitrogen and oxygen atoms in total. The molecule has 0 aliphatic carbocycles. The van der Waals surface area contributed by atoms with Crippen LogP contribution in [0, 0.1) is 0 Å². The van der Waals surface area contributed by atoms with Gasteiger partial charge >= 0.3 is 5.97 Å². The zero-order valence-corrected chi connectivity index (χ0v) is 8.72. The molecule has 74 valence electrons. The zero-order chi connectivity index (χ0) is 10.4. The molecule has 0 aromatic heterocycles. The highest BCUT2D eigenvalue weighted by Crippen LogP contribution is 1.98. The van der Waals surface area contributed by atoms with Gasteiger partial charge in [-0.1, -0.05) is 13.8 Å². The number of aliphatic carboxylic acids is 1. The van der Waals surface area contributed by atoms with Gasteiger partial charge in [0.15, 0.2) is 0 Å². The lowest BCUT2D eigenvalue weighted by atomic mass is 10.1. The molecule has 0 aromatic carbocycles. The fourth-order valence-corrected chi connectivity index (χ4v) is 0.999. The zero-order valence-electron chi connectivity index (χ0n) is 8.72. The summed E-state index contributed by atoms with van der Waals surface area (Å²) in [4.78, 5) is 11.6. The predicted molar refractivity (Wildman–Crippen MR) is 52.6 cm³/mol. The highest BCUT2D eigenvalue weighted by atomic mass is 16.4. The fourth-order valence-electron chi connectivity index (χ4n) is 0.999. The third-order valence-corrected chi connectivity index (χ3v) is 1.94. The van der Waals surface area contributed by atoms with Gasteiger partial charge in [-0.15, -0.1) is 0 Å². The molecule has 13 heavy (non-hydrogen) atoms. The first-order chi connectivity index (χ1) is 6.11. The lowest BCUT2D eigenvalue weighted by Crippen LogP contribution is -3.07. The van der Waals surface area contributed by atoms with Gasteiger partial charge in [-0.05, 0) is 12.2 Å². The molecule has 1 atom stereocenters. The van der Waals surface area contributed by atoms with E-state index in [2.05, 4.69) is 0 Å². The number of hydrogen-bond donors (Lipinski definition) is 2. The van der Waals surface area contributed by atoms with Gasteiger partial charge in [0, 0.05) is 6.92 Å². The highest BCUT2D eigenvalue weighted by molar-refractivity contribution is 5.87. The summed E-state index contributed by atoms with van der Waals surface area (Å²) in [6.45, 7) is 6.57. The van der Waals surface area contributed by atoms with Gasteiger partial charge in [-0.2, -0.15) is 0 Å². The van der Waals surface area contributed by atoms with E-state index in [0.29, 0.717) is 12.1 Å².